The number of nitrogens with zero attached hydrogens (tertiary/aromatic N) is 1. The lowest BCUT2D eigenvalue weighted by molar-refractivity contribution is -0.111. The van der Waals surface area contributed by atoms with Crippen LogP contribution in [-0.4, -0.2) is 11.1 Å². The minimum atomic E-state index is -0.254. The van der Waals surface area contributed by atoms with E-state index in [0.29, 0.717) is 11.4 Å². The molecule has 1 aromatic carbocycles. The van der Waals surface area contributed by atoms with E-state index in [9.17, 15) is 4.79 Å². The molecule has 0 saturated heterocycles. The molecule has 0 aliphatic rings. The maximum Gasteiger partial charge on any atom is 0.248 e. The molecule has 0 bridgehead atoms. The molecular formula is C12H11N3O2. The van der Waals surface area contributed by atoms with Gasteiger partial charge in [0, 0.05) is 11.8 Å². The third-order valence-corrected chi connectivity index (χ3v) is 2.04. The number of benzene rings is 1. The van der Waals surface area contributed by atoms with Gasteiger partial charge in [-0.2, -0.15) is 0 Å². The van der Waals surface area contributed by atoms with Gasteiger partial charge in [0.25, 0.3) is 0 Å². The van der Waals surface area contributed by atoms with E-state index in [2.05, 4.69) is 15.0 Å². The van der Waals surface area contributed by atoms with Crippen LogP contribution in [0, 0.1) is 0 Å². The van der Waals surface area contributed by atoms with Crippen LogP contribution in [0.5, 0.6) is 0 Å². The molecular weight excluding hydrogens is 218 g/mol. The highest BCUT2D eigenvalue weighted by molar-refractivity contribution is 6.01. The summed E-state index contributed by atoms with van der Waals surface area (Å²) in [5.74, 6) is -0.254. The van der Waals surface area contributed by atoms with E-state index in [1.807, 2.05) is 12.1 Å². The van der Waals surface area contributed by atoms with E-state index in [1.165, 1.54) is 18.5 Å². The first-order valence-corrected chi connectivity index (χ1v) is 4.98. The largest absolute Gasteiger partial charge is 0.399 e. The zero-order valence-corrected chi connectivity index (χ0v) is 8.96. The van der Waals surface area contributed by atoms with E-state index < -0.39 is 0 Å². The first-order valence-electron chi connectivity index (χ1n) is 4.98. The first kappa shape index (κ1) is 10.9. The van der Waals surface area contributed by atoms with Crippen molar-refractivity contribution in [1.29, 1.82) is 0 Å². The van der Waals surface area contributed by atoms with E-state index >= 15 is 0 Å². The standard InChI is InChI=1S/C12H11N3O2/c13-10-3-1-2-9(6-10)4-5-12(16)15-11-7-14-17-8-11/h1-8H,13H2,(H,15,16)/b5-4+. The van der Waals surface area contributed by atoms with Crippen LogP contribution in [0.2, 0.25) is 0 Å². The number of carbonyl (C=O) groups is 1. The van der Waals surface area contributed by atoms with Crippen molar-refractivity contribution in [3.63, 3.8) is 0 Å². The summed E-state index contributed by atoms with van der Waals surface area (Å²) >= 11 is 0. The van der Waals surface area contributed by atoms with Crippen LogP contribution < -0.4 is 11.1 Å². The van der Waals surface area contributed by atoms with Gasteiger partial charge in [0.2, 0.25) is 5.91 Å². The number of hydrogen-bond acceptors (Lipinski definition) is 4. The normalized spacial score (nSPS) is 10.6. The van der Waals surface area contributed by atoms with Gasteiger partial charge in [0.1, 0.15) is 12.0 Å². The zero-order valence-electron chi connectivity index (χ0n) is 8.96. The Labute approximate surface area is 97.9 Å². The molecule has 0 aliphatic heterocycles. The average Bonchev–Trinajstić information content (AvgIpc) is 2.79. The lowest BCUT2D eigenvalue weighted by Crippen LogP contribution is -2.06. The number of carbonyl (C=O) groups excluding carboxylic acids is 1. The monoisotopic (exact) mass is 229 g/mol. The summed E-state index contributed by atoms with van der Waals surface area (Å²) in [5.41, 5.74) is 7.67. The number of nitrogens with one attached hydrogen (secondary N) is 1. The molecule has 17 heavy (non-hydrogen) atoms. The molecule has 0 radical (unpaired) electrons. The maximum atomic E-state index is 11.5. The molecule has 0 fully saturated rings. The molecule has 1 amide bonds. The molecule has 3 N–H and O–H groups in total. The summed E-state index contributed by atoms with van der Waals surface area (Å²) in [4.78, 5) is 11.5. The Morgan fingerprint density at radius 2 is 2.35 bits per heavy atom. The second-order valence-electron chi connectivity index (χ2n) is 3.41. The molecule has 0 spiro atoms. The van der Waals surface area contributed by atoms with E-state index in [1.54, 1.807) is 18.2 Å². The van der Waals surface area contributed by atoms with Crippen LogP contribution >= 0.6 is 0 Å². The summed E-state index contributed by atoms with van der Waals surface area (Å²) in [7, 11) is 0. The molecule has 86 valence electrons. The van der Waals surface area contributed by atoms with E-state index in [-0.39, 0.29) is 5.91 Å². The van der Waals surface area contributed by atoms with Crippen molar-refractivity contribution in [1.82, 2.24) is 5.16 Å². The minimum Gasteiger partial charge on any atom is -0.399 e. The van der Waals surface area contributed by atoms with Gasteiger partial charge in [-0.25, -0.2) is 0 Å². The van der Waals surface area contributed by atoms with Crippen LogP contribution in [0.1, 0.15) is 5.56 Å². The van der Waals surface area contributed by atoms with Gasteiger partial charge in [-0.15, -0.1) is 0 Å². The fourth-order valence-corrected chi connectivity index (χ4v) is 1.29. The summed E-state index contributed by atoms with van der Waals surface area (Å²) in [6.45, 7) is 0. The van der Waals surface area contributed by atoms with Crippen LogP contribution in [0.4, 0.5) is 11.4 Å². The van der Waals surface area contributed by atoms with Crippen LogP contribution in [0.3, 0.4) is 0 Å². The zero-order chi connectivity index (χ0) is 12.1. The molecule has 5 nitrogen and oxygen atoms in total. The van der Waals surface area contributed by atoms with Gasteiger partial charge >= 0.3 is 0 Å². The van der Waals surface area contributed by atoms with Crippen LogP contribution in [-0.2, 0) is 4.79 Å². The number of anilines is 2. The third-order valence-electron chi connectivity index (χ3n) is 2.04. The highest BCUT2D eigenvalue weighted by atomic mass is 16.5. The van der Waals surface area contributed by atoms with E-state index in [0.717, 1.165) is 5.56 Å². The number of aromatic nitrogens is 1. The highest BCUT2D eigenvalue weighted by Crippen LogP contribution is 2.08. The number of hydrogen-bond donors (Lipinski definition) is 2. The quantitative estimate of drug-likeness (QED) is 0.622. The van der Waals surface area contributed by atoms with Gasteiger partial charge in [0.15, 0.2) is 0 Å². The average molecular weight is 229 g/mol. The molecule has 5 heteroatoms. The number of rotatable bonds is 3. The van der Waals surface area contributed by atoms with Crippen molar-refractivity contribution in [2.24, 2.45) is 0 Å². The molecule has 1 heterocycles. The third kappa shape index (κ3) is 3.20. The Balaban J connectivity index is 1.99. The lowest BCUT2D eigenvalue weighted by atomic mass is 10.2. The Morgan fingerprint density at radius 1 is 1.47 bits per heavy atom. The van der Waals surface area contributed by atoms with E-state index in [4.69, 9.17) is 5.73 Å². The van der Waals surface area contributed by atoms with Crippen molar-refractivity contribution in [3.8, 4) is 0 Å². The molecule has 2 aromatic rings. The fraction of sp³-hybridized carbons (Fsp3) is 0. The highest BCUT2D eigenvalue weighted by Gasteiger charge is 1.99. The van der Waals surface area contributed by atoms with Crippen molar-refractivity contribution in [3.05, 3.63) is 48.4 Å². The van der Waals surface area contributed by atoms with Gasteiger partial charge in [0.05, 0.1) is 6.20 Å². The summed E-state index contributed by atoms with van der Waals surface area (Å²) in [5, 5.41) is 6.07. The van der Waals surface area contributed by atoms with Crippen molar-refractivity contribution < 1.29 is 9.32 Å². The topological polar surface area (TPSA) is 81.2 Å². The van der Waals surface area contributed by atoms with Crippen LogP contribution in [0.15, 0.2) is 47.3 Å². The number of nitrogen functional groups attached to an aromatic ring is 1. The molecule has 0 unspecified atom stereocenters. The maximum absolute atomic E-state index is 11.5. The molecule has 0 atom stereocenters. The van der Waals surface area contributed by atoms with Crippen LogP contribution in [0.25, 0.3) is 6.08 Å². The Kier molecular flexibility index (Phi) is 3.20. The Morgan fingerprint density at radius 3 is 3.06 bits per heavy atom. The van der Waals surface area contributed by atoms with Crippen molar-refractivity contribution in [2.45, 2.75) is 0 Å². The van der Waals surface area contributed by atoms with Crippen molar-refractivity contribution in [2.75, 3.05) is 11.1 Å². The second-order valence-corrected chi connectivity index (χ2v) is 3.41. The molecule has 0 aliphatic carbocycles. The predicted octanol–water partition coefficient (Wildman–Crippen LogP) is 1.91. The number of nitrogens with two attached hydrogens (primary N) is 1. The second kappa shape index (κ2) is 4.98. The first-order chi connectivity index (χ1) is 8.24. The summed E-state index contributed by atoms with van der Waals surface area (Å²) in [6.07, 6.45) is 5.87. The smallest absolute Gasteiger partial charge is 0.248 e. The van der Waals surface area contributed by atoms with Gasteiger partial charge in [-0.05, 0) is 23.8 Å². The SMILES string of the molecule is Nc1cccc(/C=C/C(=O)Nc2cnoc2)c1. The Hall–Kier alpha value is -2.56. The Bertz CT molecular complexity index is 532. The van der Waals surface area contributed by atoms with Gasteiger partial charge in [-0.1, -0.05) is 17.3 Å². The minimum absolute atomic E-state index is 0.254. The summed E-state index contributed by atoms with van der Waals surface area (Å²) < 4.78 is 4.59. The predicted molar refractivity (Wildman–Crippen MR) is 65.0 cm³/mol. The lowest BCUT2D eigenvalue weighted by Gasteiger charge is -1.97. The van der Waals surface area contributed by atoms with Gasteiger partial charge < -0.3 is 15.6 Å². The molecule has 1 aromatic heterocycles. The number of amides is 1. The molecule has 0 saturated carbocycles. The molecule has 2 rings (SSSR count). The fourth-order valence-electron chi connectivity index (χ4n) is 1.29. The van der Waals surface area contributed by atoms with Crippen molar-refractivity contribution >= 4 is 23.4 Å². The van der Waals surface area contributed by atoms with Gasteiger partial charge in [-0.3, -0.25) is 4.79 Å². The summed E-state index contributed by atoms with van der Waals surface area (Å²) in [6, 6.07) is 7.25.